The van der Waals surface area contributed by atoms with E-state index >= 15 is 4.39 Å². The van der Waals surface area contributed by atoms with Crippen LogP contribution in [0.25, 0.3) is 11.3 Å². The van der Waals surface area contributed by atoms with Gasteiger partial charge in [0.1, 0.15) is 11.4 Å². The first-order chi connectivity index (χ1) is 19.2. The van der Waals surface area contributed by atoms with E-state index in [-0.39, 0.29) is 28.5 Å². The highest BCUT2D eigenvalue weighted by Gasteiger charge is 2.35. The van der Waals surface area contributed by atoms with Crippen LogP contribution in [0.3, 0.4) is 0 Å². The van der Waals surface area contributed by atoms with Gasteiger partial charge in [0.05, 0.1) is 11.4 Å². The molecule has 2 N–H and O–H groups in total. The molecule has 0 bridgehead atoms. The van der Waals surface area contributed by atoms with Gasteiger partial charge in [0.15, 0.2) is 0 Å². The lowest BCUT2D eigenvalue weighted by molar-refractivity contribution is -0.137. The smallest absolute Gasteiger partial charge is 0.322 e. The number of carbonyl (C=O) groups excluding carboxylic acids is 1. The fraction of sp³-hybridized carbons (Fsp3) is 0.233. The molecule has 1 aromatic heterocycles. The molecule has 6 nitrogen and oxygen atoms in total. The van der Waals surface area contributed by atoms with E-state index in [0.717, 1.165) is 36.8 Å². The first-order valence-electron chi connectivity index (χ1n) is 12.9. The zero-order chi connectivity index (χ0) is 28.3. The van der Waals surface area contributed by atoms with E-state index in [1.807, 2.05) is 25.1 Å². The second kappa shape index (κ2) is 11.4. The second-order valence-corrected chi connectivity index (χ2v) is 9.73. The van der Waals surface area contributed by atoms with Gasteiger partial charge in [0, 0.05) is 29.6 Å². The minimum absolute atomic E-state index is 0.0842. The Morgan fingerprint density at radius 1 is 0.975 bits per heavy atom. The number of anilines is 3. The molecule has 0 atom stereocenters. The molecule has 1 fully saturated rings. The van der Waals surface area contributed by atoms with Crippen LogP contribution in [0.1, 0.15) is 39.9 Å². The molecule has 5 rings (SSSR count). The summed E-state index contributed by atoms with van der Waals surface area (Å²) >= 11 is 0. The van der Waals surface area contributed by atoms with Crippen molar-refractivity contribution >= 4 is 23.2 Å². The number of benzene rings is 3. The molecule has 1 aliphatic heterocycles. The molecule has 0 spiro atoms. The first kappa shape index (κ1) is 27.3. The van der Waals surface area contributed by atoms with Gasteiger partial charge in [-0.15, -0.1) is 0 Å². The average molecular weight is 550 g/mol. The number of likely N-dealkylation sites (tertiary alicyclic amines) is 1. The summed E-state index contributed by atoms with van der Waals surface area (Å²) in [6.07, 6.45) is -1.64. The topological polar surface area (TPSA) is 70.2 Å². The van der Waals surface area contributed by atoms with Crippen molar-refractivity contribution in [3.05, 3.63) is 101 Å². The van der Waals surface area contributed by atoms with Gasteiger partial charge in [-0.3, -0.25) is 9.69 Å². The first-order valence-corrected chi connectivity index (χ1v) is 12.9. The Hall–Kier alpha value is -4.31. The summed E-state index contributed by atoms with van der Waals surface area (Å²) < 4.78 is 55.7. The van der Waals surface area contributed by atoms with Crippen LogP contribution in [0.5, 0.6) is 0 Å². The standard InChI is InChI=1S/C30H27F4N5O/c1-19-9-10-20(18-39-13-5-6-14-39)15-26(19)36-28(40)22-11-12-25(24(31)16-22)37-29-35-17-23(30(32,33)34)27(38-29)21-7-3-2-4-8-21/h2-4,7-12,15-17H,5-6,13-14,18H2,1H3,(H,36,40)(H,35,37,38). The molecule has 0 unspecified atom stereocenters. The number of carbonyl (C=O) groups is 1. The van der Waals surface area contributed by atoms with E-state index in [9.17, 15) is 18.0 Å². The van der Waals surface area contributed by atoms with E-state index in [4.69, 9.17) is 0 Å². The summed E-state index contributed by atoms with van der Waals surface area (Å²) in [7, 11) is 0. The van der Waals surface area contributed by atoms with E-state index < -0.39 is 23.5 Å². The number of amides is 1. The monoisotopic (exact) mass is 549 g/mol. The minimum Gasteiger partial charge on any atom is -0.322 e. The van der Waals surface area contributed by atoms with E-state index in [0.29, 0.717) is 11.9 Å². The Morgan fingerprint density at radius 2 is 1.73 bits per heavy atom. The Morgan fingerprint density at radius 3 is 2.42 bits per heavy atom. The highest BCUT2D eigenvalue weighted by atomic mass is 19.4. The average Bonchev–Trinajstić information content (AvgIpc) is 3.44. The van der Waals surface area contributed by atoms with Gasteiger partial charge in [-0.05, 0) is 68.2 Å². The fourth-order valence-corrected chi connectivity index (χ4v) is 4.64. The third-order valence-corrected chi connectivity index (χ3v) is 6.77. The van der Waals surface area contributed by atoms with Crippen LogP contribution in [0.15, 0.2) is 72.9 Å². The number of nitrogens with zero attached hydrogens (tertiary/aromatic N) is 3. The van der Waals surface area contributed by atoms with Gasteiger partial charge in [0.2, 0.25) is 5.95 Å². The predicted octanol–water partition coefficient (Wildman–Crippen LogP) is 7.20. The molecule has 1 aliphatic rings. The van der Waals surface area contributed by atoms with E-state index in [2.05, 4.69) is 25.5 Å². The molecule has 10 heteroatoms. The van der Waals surface area contributed by atoms with Gasteiger partial charge < -0.3 is 10.6 Å². The molecular formula is C30H27F4N5O. The molecule has 3 aromatic carbocycles. The van der Waals surface area contributed by atoms with Crippen LogP contribution in [0, 0.1) is 12.7 Å². The summed E-state index contributed by atoms with van der Waals surface area (Å²) in [5.74, 6) is -1.48. The van der Waals surface area contributed by atoms with Crippen molar-refractivity contribution < 1.29 is 22.4 Å². The van der Waals surface area contributed by atoms with Gasteiger partial charge >= 0.3 is 6.18 Å². The van der Waals surface area contributed by atoms with Gasteiger partial charge in [-0.25, -0.2) is 14.4 Å². The molecule has 2 heterocycles. The van der Waals surface area contributed by atoms with Crippen molar-refractivity contribution in [2.75, 3.05) is 23.7 Å². The van der Waals surface area contributed by atoms with Gasteiger partial charge in [-0.2, -0.15) is 13.2 Å². The zero-order valence-electron chi connectivity index (χ0n) is 21.7. The molecule has 1 amide bonds. The van der Waals surface area contributed by atoms with Gasteiger partial charge in [-0.1, -0.05) is 42.5 Å². The fourth-order valence-electron chi connectivity index (χ4n) is 4.64. The maximum atomic E-state index is 15.0. The number of hydrogen-bond acceptors (Lipinski definition) is 5. The molecular weight excluding hydrogens is 522 g/mol. The Bertz CT molecular complexity index is 1520. The maximum Gasteiger partial charge on any atom is 0.419 e. The molecule has 0 saturated carbocycles. The van der Waals surface area contributed by atoms with Crippen molar-refractivity contribution in [2.24, 2.45) is 0 Å². The Balaban J connectivity index is 1.33. The predicted molar refractivity (Wildman–Crippen MR) is 146 cm³/mol. The van der Waals surface area contributed by atoms with Crippen molar-refractivity contribution in [2.45, 2.75) is 32.5 Å². The molecule has 1 saturated heterocycles. The number of nitrogens with one attached hydrogen (secondary N) is 2. The number of aryl methyl sites for hydroxylation is 1. The quantitative estimate of drug-likeness (QED) is 0.239. The number of hydrogen-bond donors (Lipinski definition) is 2. The summed E-state index contributed by atoms with van der Waals surface area (Å²) in [6, 6.07) is 17.6. The molecule has 0 aliphatic carbocycles. The van der Waals surface area contributed by atoms with Crippen molar-refractivity contribution in [3.63, 3.8) is 0 Å². The lowest BCUT2D eigenvalue weighted by Gasteiger charge is -2.16. The minimum atomic E-state index is -4.67. The van der Waals surface area contributed by atoms with Crippen LogP contribution in [0.2, 0.25) is 0 Å². The van der Waals surface area contributed by atoms with Crippen molar-refractivity contribution in [1.29, 1.82) is 0 Å². The number of halogens is 4. The molecule has 4 aromatic rings. The molecule has 0 radical (unpaired) electrons. The molecule has 40 heavy (non-hydrogen) atoms. The Kier molecular flexibility index (Phi) is 7.79. The zero-order valence-corrected chi connectivity index (χ0v) is 21.7. The largest absolute Gasteiger partial charge is 0.419 e. The van der Waals surface area contributed by atoms with Crippen LogP contribution in [0.4, 0.5) is 34.9 Å². The summed E-state index contributed by atoms with van der Waals surface area (Å²) in [5.41, 5.74) is 1.53. The molecule has 206 valence electrons. The van der Waals surface area contributed by atoms with Crippen LogP contribution < -0.4 is 10.6 Å². The summed E-state index contributed by atoms with van der Waals surface area (Å²) in [6.45, 7) is 4.80. The third kappa shape index (κ3) is 6.28. The highest BCUT2D eigenvalue weighted by Crippen LogP contribution is 2.36. The number of alkyl halides is 3. The maximum absolute atomic E-state index is 15.0. The van der Waals surface area contributed by atoms with Crippen LogP contribution in [-0.2, 0) is 12.7 Å². The van der Waals surface area contributed by atoms with Crippen LogP contribution in [-0.4, -0.2) is 33.9 Å². The van der Waals surface area contributed by atoms with E-state index in [1.165, 1.54) is 37.1 Å². The van der Waals surface area contributed by atoms with Crippen LogP contribution >= 0.6 is 0 Å². The lowest BCUT2D eigenvalue weighted by Crippen LogP contribution is -2.19. The van der Waals surface area contributed by atoms with Crippen molar-refractivity contribution in [3.8, 4) is 11.3 Å². The summed E-state index contributed by atoms with van der Waals surface area (Å²) in [5, 5.41) is 5.49. The Labute approximate surface area is 229 Å². The number of rotatable bonds is 7. The number of aromatic nitrogens is 2. The SMILES string of the molecule is Cc1ccc(CN2CCCC2)cc1NC(=O)c1ccc(Nc2ncc(C(F)(F)F)c(-c3ccccc3)n2)c(F)c1. The third-order valence-electron chi connectivity index (χ3n) is 6.77. The van der Waals surface area contributed by atoms with Gasteiger partial charge in [0.25, 0.3) is 5.91 Å². The normalized spacial score (nSPS) is 13.8. The van der Waals surface area contributed by atoms with E-state index in [1.54, 1.807) is 18.2 Å². The highest BCUT2D eigenvalue weighted by molar-refractivity contribution is 6.05. The summed E-state index contributed by atoms with van der Waals surface area (Å²) in [4.78, 5) is 23.1. The van der Waals surface area contributed by atoms with Crippen molar-refractivity contribution in [1.82, 2.24) is 14.9 Å². The second-order valence-electron chi connectivity index (χ2n) is 9.73. The lowest BCUT2D eigenvalue weighted by atomic mass is 10.1.